The first-order chi connectivity index (χ1) is 10.7. The Morgan fingerprint density at radius 1 is 1.52 bits per heavy atom. The normalized spacial score (nSPS) is 17.7. The average Bonchev–Trinajstić information content (AvgIpc) is 3.17. The summed E-state index contributed by atoms with van der Waals surface area (Å²) >= 11 is 0. The van der Waals surface area contributed by atoms with Crippen molar-refractivity contribution in [2.75, 3.05) is 13.7 Å². The largest absolute Gasteiger partial charge is 0.497 e. The van der Waals surface area contributed by atoms with E-state index in [0.717, 1.165) is 18.5 Å². The minimum Gasteiger partial charge on any atom is -0.497 e. The molecule has 1 saturated heterocycles. The van der Waals surface area contributed by atoms with Crippen LogP contribution < -0.4 is 4.74 Å². The summed E-state index contributed by atoms with van der Waals surface area (Å²) in [4.78, 5) is 17.4. The first-order valence-electron chi connectivity index (χ1n) is 7.11. The second-order valence-electron chi connectivity index (χ2n) is 5.21. The first-order valence-corrected chi connectivity index (χ1v) is 7.11. The fraction of sp³-hybridized carbons (Fsp3) is 0.400. The van der Waals surface area contributed by atoms with Crippen molar-refractivity contribution in [1.82, 2.24) is 15.0 Å². The van der Waals surface area contributed by atoms with E-state index >= 15 is 0 Å². The number of aromatic nitrogens is 2. The summed E-state index contributed by atoms with van der Waals surface area (Å²) in [6.07, 6.45) is 1.53. The number of carboxylic acid groups (broad SMARTS) is 1. The van der Waals surface area contributed by atoms with E-state index < -0.39 is 12.0 Å². The highest BCUT2D eigenvalue weighted by atomic mass is 35.5. The average molecular weight is 340 g/mol. The van der Waals surface area contributed by atoms with Gasteiger partial charge in [-0.2, -0.15) is 4.98 Å². The molecule has 2 aromatic rings. The minimum atomic E-state index is -0.801. The number of benzene rings is 1. The van der Waals surface area contributed by atoms with E-state index in [0.29, 0.717) is 30.4 Å². The number of carboxylic acids is 1. The maximum atomic E-state index is 11.2. The van der Waals surface area contributed by atoms with Gasteiger partial charge in [-0.05, 0) is 31.5 Å². The summed E-state index contributed by atoms with van der Waals surface area (Å²) in [6.45, 7) is 1.09. The molecule has 1 aromatic carbocycles. The Bertz CT molecular complexity index is 676. The molecule has 0 saturated carbocycles. The van der Waals surface area contributed by atoms with Gasteiger partial charge in [0.25, 0.3) is 0 Å². The summed E-state index contributed by atoms with van der Waals surface area (Å²) in [5.74, 6) is 0.810. The summed E-state index contributed by atoms with van der Waals surface area (Å²) in [5.41, 5.74) is 0.797. The molecule has 0 amide bonds. The monoisotopic (exact) mass is 339 g/mol. The van der Waals surface area contributed by atoms with Gasteiger partial charge in [0, 0.05) is 5.56 Å². The third-order valence-corrected chi connectivity index (χ3v) is 3.78. The van der Waals surface area contributed by atoms with Crippen molar-refractivity contribution in [2.45, 2.75) is 25.4 Å². The second kappa shape index (κ2) is 7.43. The lowest BCUT2D eigenvalue weighted by atomic mass is 10.2. The predicted molar refractivity (Wildman–Crippen MR) is 84.6 cm³/mol. The van der Waals surface area contributed by atoms with Crippen LogP contribution >= 0.6 is 12.4 Å². The van der Waals surface area contributed by atoms with Crippen molar-refractivity contribution in [2.24, 2.45) is 0 Å². The van der Waals surface area contributed by atoms with Crippen LogP contribution in [0.5, 0.6) is 5.75 Å². The summed E-state index contributed by atoms with van der Waals surface area (Å²) in [7, 11) is 1.60. The number of methoxy groups -OCH3 is 1. The smallest absolute Gasteiger partial charge is 0.320 e. The van der Waals surface area contributed by atoms with Crippen molar-refractivity contribution in [1.29, 1.82) is 0 Å². The Kier molecular flexibility index (Phi) is 5.57. The van der Waals surface area contributed by atoms with Gasteiger partial charge in [-0.1, -0.05) is 17.3 Å². The van der Waals surface area contributed by atoms with Crippen LogP contribution in [0.3, 0.4) is 0 Å². The number of rotatable bonds is 5. The lowest BCUT2D eigenvalue weighted by Crippen LogP contribution is -2.35. The molecule has 1 aromatic heterocycles. The number of halogens is 1. The molecule has 0 spiro atoms. The Labute approximate surface area is 139 Å². The predicted octanol–water partition coefficient (Wildman–Crippen LogP) is 2.22. The van der Waals surface area contributed by atoms with Crippen LogP contribution in [0.2, 0.25) is 0 Å². The molecule has 1 unspecified atom stereocenters. The van der Waals surface area contributed by atoms with Gasteiger partial charge >= 0.3 is 5.97 Å². The van der Waals surface area contributed by atoms with E-state index in [-0.39, 0.29) is 12.4 Å². The fourth-order valence-corrected chi connectivity index (χ4v) is 2.67. The summed E-state index contributed by atoms with van der Waals surface area (Å²) in [5, 5.41) is 13.1. The molecule has 1 aliphatic heterocycles. The number of hydrogen-bond donors (Lipinski definition) is 1. The van der Waals surface area contributed by atoms with Gasteiger partial charge in [-0.3, -0.25) is 9.69 Å². The molecule has 0 radical (unpaired) electrons. The Morgan fingerprint density at radius 2 is 2.35 bits per heavy atom. The molecule has 23 heavy (non-hydrogen) atoms. The number of likely N-dealkylation sites (tertiary alicyclic amines) is 1. The van der Waals surface area contributed by atoms with Crippen LogP contribution in [0.15, 0.2) is 28.8 Å². The van der Waals surface area contributed by atoms with Gasteiger partial charge in [0.15, 0.2) is 0 Å². The molecule has 1 fully saturated rings. The van der Waals surface area contributed by atoms with Crippen LogP contribution in [0.1, 0.15) is 18.7 Å². The molecule has 1 N–H and O–H groups in total. The zero-order valence-electron chi connectivity index (χ0n) is 12.6. The topological polar surface area (TPSA) is 88.7 Å². The standard InChI is InChI=1S/C15H17N3O4.ClH/c1-21-11-5-2-4-10(8-11)14-16-13(22-17-14)9-18-7-3-6-12(18)15(19)20;/h2,4-5,8,12H,3,6-7,9H2,1H3,(H,19,20);1H. The number of ether oxygens (including phenoxy) is 1. The highest BCUT2D eigenvalue weighted by Crippen LogP contribution is 2.23. The van der Waals surface area contributed by atoms with Crippen molar-refractivity contribution in [3.05, 3.63) is 30.2 Å². The summed E-state index contributed by atoms with van der Waals surface area (Å²) in [6, 6.07) is 6.92. The Balaban J connectivity index is 0.00000192. The third kappa shape index (κ3) is 3.80. The van der Waals surface area contributed by atoms with E-state index in [1.165, 1.54) is 0 Å². The van der Waals surface area contributed by atoms with Crippen molar-refractivity contribution < 1.29 is 19.2 Å². The van der Waals surface area contributed by atoms with Gasteiger partial charge in [-0.15, -0.1) is 12.4 Å². The molecule has 124 valence electrons. The molecular formula is C15H18ClN3O4. The van der Waals surface area contributed by atoms with E-state index in [9.17, 15) is 9.90 Å². The van der Waals surface area contributed by atoms with E-state index in [2.05, 4.69) is 10.1 Å². The second-order valence-corrected chi connectivity index (χ2v) is 5.21. The van der Waals surface area contributed by atoms with Gasteiger partial charge in [0.2, 0.25) is 11.7 Å². The van der Waals surface area contributed by atoms with Crippen molar-refractivity contribution >= 4 is 18.4 Å². The first kappa shape index (κ1) is 17.2. The lowest BCUT2D eigenvalue weighted by molar-refractivity contribution is -0.142. The number of carbonyl (C=O) groups is 1. The highest BCUT2D eigenvalue weighted by molar-refractivity contribution is 5.85. The van der Waals surface area contributed by atoms with Crippen LogP contribution in [0, 0.1) is 0 Å². The molecular weight excluding hydrogens is 322 g/mol. The minimum absolute atomic E-state index is 0. The maximum Gasteiger partial charge on any atom is 0.320 e. The van der Waals surface area contributed by atoms with Crippen LogP contribution in [0.4, 0.5) is 0 Å². The fourth-order valence-electron chi connectivity index (χ4n) is 2.67. The lowest BCUT2D eigenvalue weighted by Gasteiger charge is -2.18. The van der Waals surface area contributed by atoms with E-state index in [4.69, 9.17) is 9.26 Å². The summed E-state index contributed by atoms with van der Waals surface area (Å²) < 4.78 is 10.4. The van der Waals surface area contributed by atoms with Gasteiger partial charge < -0.3 is 14.4 Å². The molecule has 0 bridgehead atoms. The van der Waals surface area contributed by atoms with Crippen LogP contribution in [0.25, 0.3) is 11.4 Å². The SMILES string of the molecule is COc1cccc(-c2noc(CN3CCCC3C(=O)O)n2)c1.Cl. The Morgan fingerprint density at radius 3 is 3.09 bits per heavy atom. The molecule has 2 heterocycles. The highest BCUT2D eigenvalue weighted by Gasteiger charge is 2.31. The molecule has 3 rings (SSSR count). The van der Waals surface area contributed by atoms with Gasteiger partial charge in [0.05, 0.1) is 13.7 Å². The number of nitrogens with zero attached hydrogens (tertiary/aromatic N) is 3. The zero-order valence-corrected chi connectivity index (χ0v) is 13.5. The Hall–Kier alpha value is -2.12. The molecule has 0 aliphatic carbocycles. The number of aliphatic carboxylic acids is 1. The van der Waals surface area contributed by atoms with Crippen molar-refractivity contribution in [3.63, 3.8) is 0 Å². The third-order valence-electron chi connectivity index (χ3n) is 3.78. The number of hydrogen-bond acceptors (Lipinski definition) is 6. The van der Waals surface area contributed by atoms with Crippen LogP contribution in [-0.4, -0.2) is 45.8 Å². The van der Waals surface area contributed by atoms with Gasteiger partial charge in [0.1, 0.15) is 11.8 Å². The molecule has 1 aliphatic rings. The molecule has 1 atom stereocenters. The molecule has 8 heteroatoms. The molecule has 7 nitrogen and oxygen atoms in total. The quantitative estimate of drug-likeness (QED) is 0.893. The van der Waals surface area contributed by atoms with Crippen molar-refractivity contribution in [3.8, 4) is 17.1 Å². The van der Waals surface area contributed by atoms with Crippen LogP contribution in [-0.2, 0) is 11.3 Å². The maximum absolute atomic E-state index is 11.2. The van der Waals surface area contributed by atoms with E-state index in [1.807, 2.05) is 29.2 Å². The van der Waals surface area contributed by atoms with E-state index in [1.54, 1.807) is 7.11 Å². The zero-order chi connectivity index (χ0) is 15.5. The van der Waals surface area contributed by atoms with Gasteiger partial charge in [-0.25, -0.2) is 0 Å².